The summed E-state index contributed by atoms with van der Waals surface area (Å²) in [6.45, 7) is 17.0. The largest absolute Gasteiger partial charge is 0.0654 e. The molecule has 0 aliphatic carbocycles. The molecule has 0 amide bonds. The van der Waals surface area contributed by atoms with E-state index in [0.717, 1.165) is 17.8 Å². The van der Waals surface area contributed by atoms with Gasteiger partial charge in [0.25, 0.3) is 0 Å². The molecule has 140 valence electrons. The van der Waals surface area contributed by atoms with Crippen LogP contribution in [0.1, 0.15) is 126 Å². The van der Waals surface area contributed by atoms with Gasteiger partial charge in [-0.15, -0.1) is 0 Å². The Kier molecular flexibility index (Phi) is 13.3. The number of hydrogen-bond acceptors (Lipinski definition) is 0. The van der Waals surface area contributed by atoms with Crippen LogP contribution in [0.15, 0.2) is 0 Å². The second-order valence-corrected chi connectivity index (χ2v) is 9.07. The van der Waals surface area contributed by atoms with E-state index >= 15 is 0 Å². The molecular weight excluding hydrogens is 276 g/mol. The topological polar surface area (TPSA) is 0 Å². The molecule has 0 heterocycles. The van der Waals surface area contributed by atoms with Crippen molar-refractivity contribution < 1.29 is 0 Å². The van der Waals surface area contributed by atoms with Crippen LogP contribution in [0.25, 0.3) is 0 Å². The van der Waals surface area contributed by atoms with Crippen molar-refractivity contribution in [2.45, 2.75) is 126 Å². The summed E-state index contributed by atoms with van der Waals surface area (Å²) in [4.78, 5) is 0. The van der Waals surface area contributed by atoms with Gasteiger partial charge in [-0.05, 0) is 36.0 Å². The van der Waals surface area contributed by atoms with Crippen LogP contribution in [0.4, 0.5) is 0 Å². The average Bonchev–Trinajstić information content (AvgIpc) is 2.48. The summed E-state index contributed by atoms with van der Waals surface area (Å²) in [6.07, 6.45) is 17.0. The molecule has 0 saturated carbocycles. The normalized spacial score (nSPS) is 16.3. The Morgan fingerprint density at radius 1 is 0.652 bits per heavy atom. The van der Waals surface area contributed by atoms with Gasteiger partial charge in [0, 0.05) is 0 Å². The van der Waals surface area contributed by atoms with E-state index in [1.54, 1.807) is 0 Å². The van der Waals surface area contributed by atoms with E-state index in [9.17, 15) is 0 Å². The molecule has 0 nitrogen and oxygen atoms in total. The lowest BCUT2D eigenvalue weighted by Crippen LogP contribution is -2.25. The van der Waals surface area contributed by atoms with E-state index in [0.29, 0.717) is 5.41 Å². The molecule has 0 aliphatic rings. The summed E-state index contributed by atoms with van der Waals surface area (Å²) in [6, 6.07) is 0. The van der Waals surface area contributed by atoms with E-state index in [1.807, 2.05) is 0 Å². The Balaban J connectivity index is 4.23. The summed E-state index contributed by atoms with van der Waals surface area (Å²) in [5.41, 5.74) is 0.508. The van der Waals surface area contributed by atoms with E-state index in [1.165, 1.54) is 77.0 Å². The first-order valence-electron chi connectivity index (χ1n) is 10.9. The Hall–Kier alpha value is 0. The van der Waals surface area contributed by atoms with Gasteiger partial charge in [-0.1, -0.05) is 113 Å². The third-order valence-corrected chi connectivity index (χ3v) is 6.16. The SMILES string of the molecule is CCCCCCC(CCC)CCC(C)C(C)(C)CC(C)CCC. The predicted octanol–water partition coefficient (Wildman–Crippen LogP) is 8.64. The first kappa shape index (κ1) is 23.0. The predicted molar refractivity (Wildman–Crippen MR) is 108 cm³/mol. The van der Waals surface area contributed by atoms with Crippen molar-refractivity contribution in [1.29, 1.82) is 0 Å². The Labute approximate surface area is 149 Å². The Morgan fingerprint density at radius 2 is 1.30 bits per heavy atom. The summed E-state index contributed by atoms with van der Waals surface area (Å²) < 4.78 is 0. The monoisotopic (exact) mass is 324 g/mol. The fourth-order valence-electron chi connectivity index (χ4n) is 4.27. The van der Waals surface area contributed by atoms with Crippen molar-refractivity contribution in [2.24, 2.45) is 23.2 Å². The zero-order valence-electron chi connectivity index (χ0n) is 17.7. The third-order valence-electron chi connectivity index (χ3n) is 6.16. The fraction of sp³-hybridized carbons (Fsp3) is 1.00. The van der Waals surface area contributed by atoms with E-state index in [4.69, 9.17) is 0 Å². The number of unbranched alkanes of at least 4 members (excludes halogenated alkanes) is 3. The smallest absolute Gasteiger partial charge is 0.0326 e. The van der Waals surface area contributed by atoms with E-state index < -0.39 is 0 Å². The van der Waals surface area contributed by atoms with Crippen LogP contribution < -0.4 is 0 Å². The highest BCUT2D eigenvalue weighted by molar-refractivity contribution is 4.78. The van der Waals surface area contributed by atoms with Crippen molar-refractivity contribution in [3.63, 3.8) is 0 Å². The van der Waals surface area contributed by atoms with Crippen LogP contribution in [0.5, 0.6) is 0 Å². The van der Waals surface area contributed by atoms with Gasteiger partial charge in [-0.3, -0.25) is 0 Å². The van der Waals surface area contributed by atoms with Gasteiger partial charge in [-0.25, -0.2) is 0 Å². The molecule has 3 unspecified atom stereocenters. The molecular formula is C23H48. The van der Waals surface area contributed by atoms with Gasteiger partial charge < -0.3 is 0 Å². The second kappa shape index (κ2) is 13.3. The van der Waals surface area contributed by atoms with Gasteiger partial charge in [0.2, 0.25) is 0 Å². The molecule has 0 spiro atoms. The summed E-state index contributed by atoms with van der Waals surface area (Å²) in [5, 5.41) is 0. The highest BCUT2D eigenvalue weighted by atomic mass is 14.3. The maximum atomic E-state index is 2.51. The first-order chi connectivity index (χ1) is 10.9. The van der Waals surface area contributed by atoms with Gasteiger partial charge in [0.1, 0.15) is 0 Å². The highest BCUT2D eigenvalue weighted by Crippen LogP contribution is 2.38. The standard InChI is InChI=1S/C23H48/c1-8-11-12-13-16-22(15-10-3)18-17-21(5)23(6,7)19-20(4)14-9-2/h20-22H,8-19H2,1-7H3. The van der Waals surface area contributed by atoms with Crippen molar-refractivity contribution in [2.75, 3.05) is 0 Å². The average molecular weight is 325 g/mol. The van der Waals surface area contributed by atoms with E-state index in [-0.39, 0.29) is 0 Å². The quantitative estimate of drug-likeness (QED) is 0.264. The molecule has 0 bridgehead atoms. The van der Waals surface area contributed by atoms with Crippen molar-refractivity contribution in [3.8, 4) is 0 Å². The van der Waals surface area contributed by atoms with Crippen LogP contribution in [0, 0.1) is 23.2 Å². The lowest BCUT2D eigenvalue weighted by molar-refractivity contribution is 0.156. The van der Waals surface area contributed by atoms with Crippen LogP contribution >= 0.6 is 0 Å². The number of rotatable bonds is 15. The molecule has 0 heteroatoms. The molecule has 0 aromatic rings. The van der Waals surface area contributed by atoms with Gasteiger partial charge in [-0.2, -0.15) is 0 Å². The highest BCUT2D eigenvalue weighted by Gasteiger charge is 2.27. The summed E-state index contributed by atoms with van der Waals surface area (Å²) >= 11 is 0. The summed E-state index contributed by atoms with van der Waals surface area (Å²) in [7, 11) is 0. The van der Waals surface area contributed by atoms with Gasteiger partial charge in [0.05, 0.1) is 0 Å². The molecule has 0 aliphatic heterocycles. The molecule has 0 N–H and O–H groups in total. The Morgan fingerprint density at radius 3 is 1.87 bits per heavy atom. The van der Waals surface area contributed by atoms with Crippen LogP contribution in [0.3, 0.4) is 0 Å². The van der Waals surface area contributed by atoms with Gasteiger partial charge >= 0.3 is 0 Å². The third kappa shape index (κ3) is 11.2. The Bertz CT molecular complexity index is 253. The van der Waals surface area contributed by atoms with Crippen LogP contribution in [-0.2, 0) is 0 Å². The molecule has 0 aromatic heterocycles. The molecule has 0 radical (unpaired) electrons. The molecule has 0 rings (SSSR count). The lowest BCUT2D eigenvalue weighted by atomic mass is 9.70. The lowest BCUT2D eigenvalue weighted by Gasteiger charge is -2.35. The molecule has 0 fully saturated rings. The maximum Gasteiger partial charge on any atom is -0.0326 e. The molecule has 3 atom stereocenters. The van der Waals surface area contributed by atoms with Crippen molar-refractivity contribution >= 4 is 0 Å². The minimum absolute atomic E-state index is 0.508. The minimum Gasteiger partial charge on any atom is -0.0654 e. The summed E-state index contributed by atoms with van der Waals surface area (Å²) in [5.74, 6) is 2.73. The minimum atomic E-state index is 0.508. The van der Waals surface area contributed by atoms with Crippen molar-refractivity contribution in [3.05, 3.63) is 0 Å². The second-order valence-electron chi connectivity index (χ2n) is 9.07. The first-order valence-corrected chi connectivity index (χ1v) is 10.9. The zero-order valence-corrected chi connectivity index (χ0v) is 17.7. The van der Waals surface area contributed by atoms with Crippen LogP contribution in [-0.4, -0.2) is 0 Å². The molecule has 0 saturated heterocycles. The number of hydrogen-bond donors (Lipinski definition) is 0. The zero-order chi connectivity index (χ0) is 17.7. The van der Waals surface area contributed by atoms with Crippen LogP contribution in [0.2, 0.25) is 0 Å². The van der Waals surface area contributed by atoms with Crippen molar-refractivity contribution in [1.82, 2.24) is 0 Å². The fourth-order valence-corrected chi connectivity index (χ4v) is 4.27. The van der Waals surface area contributed by atoms with E-state index in [2.05, 4.69) is 48.5 Å². The maximum absolute atomic E-state index is 2.51. The molecule has 23 heavy (non-hydrogen) atoms. The molecule has 0 aromatic carbocycles. The van der Waals surface area contributed by atoms with Gasteiger partial charge in [0.15, 0.2) is 0 Å².